The summed E-state index contributed by atoms with van der Waals surface area (Å²) in [7, 11) is 1.83. The van der Waals surface area contributed by atoms with Crippen molar-refractivity contribution in [2.24, 2.45) is 0 Å². The van der Waals surface area contributed by atoms with Crippen LogP contribution in [0.25, 0.3) is 0 Å². The number of phenolic OH excluding ortho intramolecular Hbond substituents is 1. The minimum Gasteiger partial charge on any atom is -0.508 e. The summed E-state index contributed by atoms with van der Waals surface area (Å²) in [6.07, 6.45) is 0. The second kappa shape index (κ2) is 4.39. The summed E-state index contributed by atoms with van der Waals surface area (Å²) >= 11 is 0. The van der Waals surface area contributed by atoms with Crippen molar-refractivity contribution in [1.82, 2.24) is 5.32 Å². The summed E-state index contributed by atoms with van der Waals surface area (Å²) in [5, 5.41) is 12.0. The molecular formula is C10H12N2O. The summed E-state index contributed by atoms with van der Waals surface area (Å²) in [6.45, 7) is 0.625. The lowest BCUT2D eigenvalue weighted by Crippen LogP contribution is -2.04. The molecule has 0 aliphatic heterocycles. The van der Waals surface area contributed by atoms with Gasteiger partial charge in [-0.1, -0.05) is 11.8 Å². The Morgan fingerprint density at radius 1 is 1.54 bits per heavy atom. The van der Waals surface area contributed by atoms with Gasteiger partial charge in [0.15, 0.2) is 0 Å². The Bertz CT molecular complexity index is 350. The van der Waals surface area contributed by atoms with Crippen LogP contribution in [-0.2, 0) is 0 Å². The summed E-state index contributed by atoms with van der Waals surface area (Å²) < 4.78 is 0. The number of nitrogens with two attached hydrogens (primary N) is 1. The van der Waals surface area contributed by atoms with E-state index in [1.54, 1.807) is 12.1 Å². The Kier molecular flexibility index (Phi) is 3.18. The zero-order valence-corrected chi connectivity index (χ0v) is 7.46. The molecule has 0 aliphatic rings. The highest BCUT2D eigenvalue weighted by atomic mass is 16.3. The van der Waals surface area contributed by atoms with Crippen molar-refractivity contribution in [3.8, 4) is 17.6 Å². The van der Waals surface area contributed by atoms with Crippen molar-refractivity contribution in [1.29, 1.82) is 0 Å². The summed E-state index contributed by atoms with van der Waals surface area (Å²) in [5.74, 6) is 5.94. The molecular weight excluding hydrogens is 164 g/mol. The van der Waals surface area contributed by atoms with Gasteiger partial charge in [-0.15, -0.1) is 0 Å². The molecule has 0 aromatic heterocycles. The molecule has 0 bridgehead atoms. The van der Waals surface area contributed by atoms with Crippen molar-refractivity contribution in [2.45, 2.75) is 0 Å². The molecule has 3 nitrogen and oxygen atoms in total. The molecule has 1 rings (SSSR count). The van der Waals surface area contributed by atoms with E-state index >= 15 is 0 Å². The monoisotopic (exact) mass is 176 g/mol. The quantitative estimate of drug-likeness (QED) is 0.432. The lowest BCUT2D eigenvalue weighted by molar-refractivity contribution is 0.475. The molecule has 1 aromatic carbocycles. The topological polar surface area (TPSA) is 58.3 Å². The fraction of sp³-hybridized carbons (Fsp3) is 0.200. The summed E-state index contributed by atoms with van der Waals surface area (Å²) in [6, 6.07) is 4.76. The number of aromatic hydroxyl groups is 1. The highest BCUT2D eigenvalue weighted by Gasteiger charge is 1.95. The van der Waals surface area contributed by atoms with E-state index in [2.05, 4.69) is 17.2 Å². The molecule has 0 atom stereocenters. The predicted octanol–water partition coefficient (Wildman–Crippen LogP) is 0.545. The molecule has 68 valence electrons. The van der Waals surface area contributed by atoms with Crippen LogP contribution in [0.2, 0.25) is 0 Å². The first-order valence-corrected chi connectivity index (χ1v) is 3.96. The van der Waals surface area contributed by atoms with Crippen molar-refractivity contribution in [3.05, 3.63) is 23.8 Å². The van der Waals surface area contributed by atoms with Gasteiger partial charge in [0.05, 0.1) is 12.2 Å². The van der Waals surface area contributed by atoms with Crippen LogP contribution < -0.4 is 11.1 Å². The van der Waals surface area contributed by atoms with E-state index in [1.165, 1.54) is 6.07 Å². The first kappa shape index (κ1) is 9.43. The molecule has 0 saturated carbocycles. The van der Waals surface area contributed by atoms with Gasteiger partial charge in [-0.05, 0) is 19.2 Å². The zero-order chi connectivity index (χ0) is 9.68. The minimum atomic E-state index is 0.164. The Balaban J connectivity index is 2.85. The van der Waals surface area contributed by atoms with Crippen LogP contribution in [0.15, 0.2) is 18.2 Å². The first-order valence-electron chi connectivity index (χ1n) is 3.96. The maximum atomic E-state index is 9.07. The highest BCUT2D eigenvalue weighted by molar-refractivity contribution is 5.58. The maximum absolute atomic E-state index is 9.07. The second-order valence-corrected chi connectivity index (χ2v) is 2.60. The average molecular weight is 176 g/mol. The molecule has 4 N–H and O–H groups in total. The number of phenols is 1. The number of nitrogens with one attached hydrogen (secondary N) is 1. The van der Waals surface area contributed by atoms with Crippen molar-refractivity contribution < 1.29 is 5.11 Å². The third-order valence-corrected chi connectivity index (χ3v) is 1.52. The SMILES string of the molecule is CNCC#Cc1ccc(O)cc1N. The minimum absolute atomic E-state index is 0.164. The van der Waals surface area contributed by atoms with E-state index in [0.29, 0.717) is 12.2 Å². The van der Waals surface area contributed by atoms with E-state index < -0.39 is 0 Å². The molecule has 3 heteroatoms. The van der Waals surface area contributed by atoms with E-state index in [0.717, 1.165) is 5.56 Å². The van der Waals surface area contributed by atoms with Crippen LogP contribution >= 0.6 is 0 Å². The Morgan fingerprint density at radius 3 is 2.92 bits per heavy atom. The largest absolute Gasteiger partial charge is 0.508 e. The standard InChI is InChI=1S/C10H12N2O/c1-12-6-2-3-8-4-5-9(13)7-10(8)11/h4-5,7,12-13H,6,11H2,1H3. The molecule has 0 fully saturated rings. The predicted molar refractivity (Wildman–Crippen MR) is 53.3 cm³/mol. The van der Waals surface area contributed by atoms with Crippen LogP contribution in [0, 0.1) is 11.8 Å². The summed E-state index contributed by atoms with van der Waals surface area (Å²) in [4.78, 5) is 0. The van der Waals surface area contributed by atoms with Gasteiger partial charge in [0.1, 0.15) is 5.75 Å². The van der Waals surface area contributed by atoms with E-state index in [4.69, 9.17) is 10.8 Å². The molecule has 1 aromatic rings. The van der Waals surface area contributed by atoms with Gasteiger partial charge in [-0.3, -0.25) is 0 Å². The molecule has 13 heavy (non-hydrogen) atoms. The van der Waals surface area contributed by atoms with Crippen LogP contribution in [0.1, 0.15) is 5.56 Å². The van der Waals surface area contributed by atoms with E-state index in [1.807, 2.05) is 7.05 Å². The first-order chi connectivity index (χ1) is 6.24. The smallest absolute Gasteiger partial charge is 0.117 e. The lowest BCUT2D eigenvalue weighted by Gasteiger charge is -1.97. The Hall–Kier alpha value is -1.66. The molecule has 0 spiro atoms. The van der Waals surface area contributed by atoms with Crippen LogP contribution in [0.5, 0.6) is 5.75 Å². The van der Waals surface area contributed by atoms with Gasteiger partial charge in [0.2, 0.25) is 0 Å². The van der Waals surface area contributed by atoms with Crippen LogP contribution in [0.3, 0.4) is 0 Å². The Labute approximate surface area is 77.6 Å². The van der Waals surface area contributed by atoms with Gasteiger partial charge in [-0.25, -0.2) is 0 Å². The number of hydrogen-bond acceptors (Lipinski definition) is 3. The van der Waals surface area contributed by atoms with Gasteiger partial charge in [0, 0.05) is 11.6 Å². The molecule has 0 saturated heterocycles. The van der Waals surface area contributed by atoms with Gasteiger partial charge < -0.3 is 16.2 Å². The van der Waals surface area contributed by atoms with E-state index in [-0.39, 0.29) is 5.75 Å². The number of rotatable bonds is 1. The highest BCUT2D eigenvalue weighted by Crippen LogP contribution is 2.17. The average Bonchev–Trinajstić information content (AvgIpc) is 2.09. The number of nitrogen functional groups attached to an aromatic ring is 1. The Morgan fingerprint density at radius 2 is 2.31 bits per heavy atom. The van der Waals surface area contributed by atoms with Crippen molar-refractivity contribution in [3.63, 3.8) is 0 Å². The van der Waals surface area contributed by atoms with E-state index in [9.17, 15) is 0 Å². The van der Waals surface area contributed by atoms with Crippen molar-refractivity contribution >= 4 is 5.69 Å². The number of anilines is 1. The molecule has 0 heterocycles. The van der Waals surface area contributed by atoms with Crippen molar-refractivity contribution in [2.75, 3.05) is 19.3 Å². The third kappa shape index (κ3) is 2.69. The zero-order valence-electron chi connectivity index (χ0n) is 7.46. The molecule has 0 amide bonds. The van der Waals surface area contributed by atoms with Crippen LogP contribution in [-0.4, -0.2) is 18.7 Å². The third-order valence-electron chi connectivity index (χ3n) is 1.52. The van der Waals surface area contributed by atoms with Gasteiger partial charge in [-0.2, -0.15) is 0 Å². The fourth-order valence-corrected chi connectivity index (χ4v) is 0.892. The molecule has 0 radical (unpaired) electrons. The normalized spacial score (nSPS) is 9.00. The maximum Gasteiger partial charge on any atom is 0.117 e. The fourth-order valence-electron chi connectivity index (χ4n) is 0.892. The molecule has 0 unspecified atom stereocenters. The molecule has 0 aliphatic carbocycles. The van der Waals surface area contributed by atoms with Crippen LogP contribution in [0.4, 0.5) is 5.69 Å². The number of hydrogen-bond donors (Lipinski definition) is 3. The summed E-state index contributed by atoms with van der Waals surface area (Å²) in [5.41, 5.74) is 6.87. The number of benzene rings is 1. The van der Waals surface area contributed by atoms with Gasteiger partial charge in [0.25, 0.3) is 0 Å². The van der Waals surface area contributed by atoms with Gasteiger partial charge >= 0.3 is 0 Å². The lowest BCUT2D eigenvalue weighted by atomic mass is 10.2. The second-order valence-electron chi connectivity index (χ2n) is 2.60.